The van der Waals surface area contributed by atoms with Crippen molar-refractivity contribution >= 4 is 5.97 Å². The van der Waals surface area contributed by atoms with Crippen LogP contribution in [0.3, 0.4) is 0 Å². The predicted octanol–water partition coefficient (Wildman–Crippen LogP) is 2.08. The SMILES string of the molecule is COc1ccc(F)c([C@@H](C(=O)O)N(C)Cc2ccon2)c1. The maximum atomic E-state index is 14.0. The molecule has 1 heterocycles. The Hall–Kier alpha value is -2.41. The Labute approximate surface area is 120 Å². The molecule has 6 nitrogen and oxygen atoms in total. The monoisotopic (exact) mass is 294 g/mol. The van der Waals surface area contributed by atoms with Gasteiger partial charge in [-0.25, -0.2) is 4.39 Å². The molecule has 0 aliphatic rings. The summed E-state index contributed by atoms with van der Waals surface area (Å²) in [6.07, 6.45) is 1.39. The van der Waals surface area contributed by atoms with Crippen LogP contribution in [-0.2, 0) is 11.3 Å². The smallest absolute Gasteiger partial charge is 0.325 e. The highest BCUT2D eigenvalue weighted by molar-refractivity contribution is 5.75. The Bertz CT molecular complexity index is 615. The van der Waals surface area contributed by atoms with Gasteiger partial charge in [0.1, 0.15) is 23.9 Å². The molecule has 0 aliphatic carbocycles. The summed E-state index contributed by atoms with van der Waals surface area (Å²) in [5.74, 6) is -1.36. The van der Waals surface area contributed by atoms with Crippen LogP contribution in [0, 0.1) is 5.82 Å². The molecule has 0 fully saturated rings. The van der Waals surface area contributed by atoms with Crippen molar-refractivity contribution < 1.29 is 23.6 Å². The summed E-state index contributed by atoms with van der Waals surface area (Å²) in [4.78, 5) is 13.0. The zero-order chi connectivity index (χ0) is 15.4. The number of carbonyl (C=O) groups is 1. The lowest BCUT2D eigenvalue weighted by molar-refractivity contribution is -0.143. The molecule has 0 radical (unpaired) electrons. The molecule has 1 atom stereocenters. The second-order valence-corrected chi connectivity index (χ2v) is 4.53. The van der Waals surface area contributed by atoms with E-state index in [1.165, 1.54) is 36.5 Å². The summed E-state index contributed by atoms with van der Waals surface area (Å²) >= 11 is 0. The highest BCUT2D eigenvalue weighted by Gasteiger charge is 2.28. The number of nitrogens with zero attached hydrogens (tertiary/aromatic N) is 2. The van der Waals surface area contributed by atoms with Crippen molar-refractivity contribution in [3.8, 4) is 5.75 Å². The summed E-state index contributed by atoms with van der Waals surface area (Å²) in [6.45, 7) is 0.212. The molecule has 0 spiro atoms. The van der Waals surface area contributed by atoms with E-state index in [4.69, 9.17) is 9.26 Å². The normalized spacial score (nSPS) is 12.4. The topological polar surface area (TPSA) is 75.8 Å². The van der Waals surface area contributed by atoms with Gasteiger partial charge in [0, 0.05) is 18.2 Å². The fraction of sp³-hybridized carbons (Fsp3) is 0.286. The number of carboxylic acid groups (broad SMARTS) is 1. The second-order valence-electron chi connectivity index (χ2n) is 4.53. The summed E-state index contributed by atoms with van der Waals surface area (Å²) in [5.41, 5.74) is 0.597. The molecule has 7 heteroatoms. The van der Waals surface area contributed by atoms with Crippen LogP contribution in [0.2, 0.25) is 0 Å². The highest BCUT2D eigenvalue weighted by atomic mass is 19.1. The van der Waals surface area contributed by atoms with Crippen molar-refractivity contribution in [1.29, 1.82) is 0 Å². The number of methoxy groups -OCH3 is 1. The first-order valence-corrected chi connectivity index (χ1v) is 6.18. The minimum atomic E-state index is -1.16. The Morgan fingerprint density at radius 1 is 1.52 bits per heavy atom. The fourth-order valence-electron chi connectivity index (χ4n) is 2.08. The Morgan fingerprint density at radius 2 is 2.29 bits per heavy atom. The lowest BCUT2D eigenvalue weighted by Gasteiger charge is -2.24. The number of halogens is 1. The number of hydrogen-bond donors (Lipinski definition) is 1. The molecule has 1 aromatic carbocycles. The average molecular weight is 294 g/mol. The van der Waals surface area contributed by atoms with Crippen LogP contribution < -0.4 is 4.74 Å². The zero-order valence-electron chi connectivity index (χ0n) is 11.6. The Morgan fingerprint density at radius 3 is 2.86 bits per heavy atom. The minimum Gasteiger partial charge on any atom is -0.497 e. The molecule has 112 valence electrons. The Balaban J connectivity index is 2.32. The first kappa shape index (κ1) is 15.0. The van der Waals surface area contributed by atoms with Gasteiger partial charge in [-0.15, -0.1) is 0 Å². The largest absolute Gasteiger partial charge is 0.497 e. The van der Waals surface area contributed by atoms with Crippen LogP contribution in [0.25, 0.3) is 0 Å². The Kier molecular flexibility index (Phi) is 4.54. The highest BCUT2D eigenvalue weighted by Crippen LogP contribution is 2.27. The van der Waals surface area contributed by atoms with Gasteiger partial charge in [-0.05, 0) is 25.2 Å². The van der Waals surface area contributed by atoms with Crippen molar-refractivity contribution in [3.05, 3.63) is 47.6 Å². The van der Waals surface area contributed by atoms with E-state index in [0.717, 1.165) is 0 Å². The van der Waals surface area contributed by atoms with Gasteiger partial charge >= 0.3 is 5.97 Å². The van der Waals surface area contributed by atoms with Gasteiger partial charge in [0.2, 0.25) is 0 Å². The molecule has 0 unspecified atom stereocenters. The van der Waals surface area contributed by atoms with Gasteiger partial charge in [-0.2, -0.15) is 0 Å². The molecule has 1 aromatic heterocycles. The molecular formula is C14H15FN2O4. The van der Waals surface area contributed by atoms with Crippen LogP contribution in [0.5, 0.6) is 5.75 Å². The number of carboxylic acids is 1. The summed E-state index contributed by atoms with van der Waals surface area (Å²) < 4.78 is 23.7. The minimum absolute atomic E-state index is 0.0350. The molecule has 2 rings (SSSR count). The van der Waals surface area contributed by atoms with Crippen molar-refractivity contribution in [3.63, 3.8) is 0 Å². The number of benzene rings is 1. The predicted molar refractivity (Wildman–Crippen MR) is 71.3 cm³/mol. The number of ether oxygens (including phenoxy) is 1. The van der Waals surface area contributed by atoms with Crippen LogP contribution in [0.15, 0.2) is 35.1 Å². The summed E-state index contributed by atoms with van der Waals surface area (Å²) in [5, 5.41) is 13.1. The first-order chi connectivity index (χ1) is 10.0. The van der Waals surface area contributed by atoms with Crippen molar-refractivity contribution in [2.24, 2.45) is 0 Å². The number of aromatic nitrogens is 1. The van der Waals surface area contributed by atoms with Gasteiger partial charge in [0.15, 0.2) is 0 Å². The lowest BCUT2D eigenvalue weighted by Crippen LogP contribution is -2.31. The molecule has 0 saturated heterocycles. The fourth-order valence-corrected chi connectivity index (χ4v) is 2.08. The van der Waals surface area contributed by atoms with E-state index in [9.17, 15) is 14.3 Å². The zero-order valence-corrected chi connectivity index (χ0v) is 11.6. The van der Waals surface area contributed by atoms with E-state index >= 15 is 0 Å². The number of rotatable bonds is 6. The van der Waals surface area contributed by atoms with Crippen molar-refractivity contribution in [2.45, 2.75) is 12.6 Å². The van der Waals surface area contributed by atoms with E-state index < -0.39 is 17.8 Å². The average Bonchev–Trinajstić information content (AvgIpc) is 2.93. The van der Waals surface area contributed by atoms with E-state index in [1.54, 1.807) is 13.1 Å². The van der Waals surface area contributed by atoms with Crippen LogP contribution in [0.4, 0.5) is 4.39 Å². The van der Waals surface area contributed by atoms with Gasteiger partial charge in [0.25, 0.3) is 0 Å². The van der Waals surface area contributed by atoms with Gasteiger partial charge in [-0.3, -0.25) is 9.69 Å². The quantitative estimate of drug-likeness (QED) is 0.879. The third-order valence-electron chi connectivity index (χ3n) is 3.08. The third-order valence-corrected chi connectivity index (χ3v) is 3.08. The molecule has 0 bridgehead atoms. The molecule has 0 saturated carbocycles. The number of aliphatic carboxylic acids is 1. The lowest BCUT2D eigenvalue weighted by atomic mass is 10.0. The second kappa shape index (κ2) is 6.36. The van der Waals surface area contributed by atoms with Gasteiger partial charge in [-0.1, -0.05) is 5.16 Å². The van der Waals surface area contributed by atoms with Gasteiger partial charge < -0.3 is 14.4 Å². The standard InChI is InChI=1S/C14H15FN2O4/c1-17(8-9-5-6-21-16-9)13(14(18)19)11-7-10(20-2)3-4-12(11)15/h3-7,13H,8H2,1-2H3,(H,18,19)/t13-/m0/s1. The van der Waals surface area contributed by atoms with Crippen molar-refractivity contribution in [2.75, 3.05) is 14.2 Å². The molecular weight excluding hydrogens is 279 g/mol. The van der Waals surface area contributed by atoms with Crippen LogP contribution in [-0.4, -0.2) is 35.3 Å². The van der Waals surface area contributed by atoms with E-state index in [2.05, 4.69) is 5.16 Å². The van der Waals surface area contributed by atoms with Crippen LogP contribution >= 0.6 is 0 Å². The maximum Gasteiger partial charge on any atom is 0.325 e. The molecule has 1 N–H and O–H groups in total. The van der Waals surface area contributed by atoms with E-state index in [0.29, 0.717) is 11.4 Å². The van der Waals surface area contributed by atoms with E-state index in [1.807, 2.05) is 0 Å². The van der Waals surface area contributed by atoms with Gasteiger partial charge in [0.05, 0.1) is 12.8 Å². The van der Waals surface area contributed by atoms with Crippen LogP contribution in [0.1, 0.15) is 17.3 Å². The van der Waals surface area contributed by atoms with E-state index in [-0.39, 0.29) is 12.1 Å². The molecule has 21 heavy (non-hydrogen) atoms. The number of hydrogen-bond acceptors (Lipinski definition) is 5. The summed E-state index contributed by atoms with van der Waals surface area (Å²) in [7, 11) is 3.01. The molecule has 2 aromatic rings. The first-order valence-electron chi connectivity index (χ1n) is 6.18. The molecule has 0 aliphatic heterocycles. The summed E-state index contributed by atoms with van der Waals surface area (Å²) in [6, 6.07) is 4.48. The molecule has 0 amide bonds. The maximum absolute atomic E-state index is 14.0. The number of likely N-dealkylation sites (N-methyl/N-ethyl adjacent to an activating group) is 1. The van der Waals surface area contributed by atoms with Crippen molar-refractivity contribution in [1.82, 2.24) is 10.1 Å². The third kappa shape index (κ3) is 3.38.